The van der Waals surface area contributed by atoms with E-state index in [0.717, 1.165) is 0 Å². The van der Waals surface area contributed by atoms with Gasteiger partial charge in [-0.1, -0.05) is 0 Å². The van der Waals surface area contributed by atoms with Gasteiger partial charge in [-0.2, -0.15) is 0 Å². The zero-order chi connectivity index (χ0) is 4.50. The summed E-state index contributed by atoms with van der Waals surface area (Å²) < 4.78 is 29.5. The molecule has 4 nitrogen and oxygen atoms in total. The summed E-state index contributed by atoms with van der Waals surface area (Å²) in [5.74, 6) is 0. The van der Waals surface area contributed by atoms with E-state index in [1.165, 1.54) is 0 Å². The van der Waals surface area contributed by atoms with Gasteiger partial charge in [0.25, 0.3) is 0 Å². The van der Waals surface area contributed by atoms with Gasteiger partial charge in [-0.15, -0.1) is 0 Å². The molecule has 0 aliphatic carbocycles. The Labute approximate surface area is 105 Å². The summed E-state index contributed by atoms with van der Waals surface area (Å²) in [7, 11) is 0. The molecule has 0 rings (SSSR count). The second-order valence-electron chi connectivity index (χ2n) is 0.600. The molecule has 0 bridgehead atoms. The summed E-state index contributed by atoms with van der Waals surface area (Å²) >= 11 is -5.00. The molecule has 7 heavy (non-hydrogen) atoms. The van der Waals surface area contributed by atoms with E-state index in [-0.39, 0.29) is 75.1 Å². The third kappa shape index (κ3) is 48.9. The van der Waals surface area contributed by atoms with E-state index in [9.17, 15) is 0 Å². The van der Waals surface area contributed by atoms with Crippen molar-refractivity contribution in [2.75, 3.05) is 0 Å². The molecule has 0 aromatic rings. The van der Waals surface area contributed by atoms with E-state index in [0.29, 0.717) is 0 Å². The molecule has 0 aliphatic heterocycles. The molecule has 0 aromatic carbocycles. The van der Waals surface area contributed by atoms with Crippen molar-refractivity contribution in [3.05, 3.63) is 0 Å². The van der Waals surface area contributed by atoms with E-state index in [2.05, 4.69) is 0 Å². The Morgan fingerprint density at radius 3 is 0.857 bits per heavy atom. The molecule has 0 spiro atoms. The van der Waals surface area contributed by atoms with E-state index >= 15 is 0 Å². The van der Waals surface area contributed by atoms with Crippen LogP contribution in [0.25, 0.3) is 0 Å². The quantitative estimate of drug-likeness (QED) is 0.272. The monoisotopic (exact) mass is 468 g/mol. The Morgan fingerprint density at radius 1 is 0.857 bits per heavy atom. The van der Waals surface area contributed by atoms with Crippen molar-refractivity contribution in [1.82, 2.24) is 0 Å². The zero-order valence-corrected chi connectivity index (χ0v) is 10.1. The Balaban J connectivity index is -0.0000000800. The van der Waals surface area contributed by atoms with Crippen molar-refractivity contribution in [2.45, 2.75) is 0 Å². The first kappa shape index (κ1) is 16.5. The maximum atomic E-state index is 7.38. The SMILES string of the molecule is [BaH2].[BiH3].[OH][Ti]([OH])([OH])[OH]. The molecule has 4 N–H and O–H groups in total. The van der Waals surface area contributed by atoms with Gasteiger partial charge in [-0.25, -0.2) is 0 Å². The van der Waals surface area contributed by atoms with Gasteiger partial charge >= 0.3 is 108 Å². The first-order chi connectivity index (χ1) is 2.00. The van der Waals surface area contributed by atoms with Crippen LogP contribution in [0.5, 0.6) is 0 Å². The molecule has 0 radical (unpaired) electrons. The van der Waals surface area contributed by atoms with Crippen molar-refractivity contribution in [2.24, 2.45) is 0 Å². The Bertz CT molecular complexity index is 27.2. The fraction of sp³-hybridized carbons (Fsp3) is 0. The predicted octanol–water partition coefficient (Wildman–Crippen LogP) is -4.33. The van der Waals surface area contributed by atoms with Crippen LogP contribution in [0.15, 0.2) is 0 Å². The molecule has 0 aliphatic rings. The molecule has 0 amide bonds. The topological polar surface area (TPSA) is 80.9 Å². The van der Waals surface area contributed by atoms with E-state index < -0.39 is 18.1 Å². The summed E-state index contributed by atoms with van der Waals surface area (Å²) in [6.07, 6.45) is 0. The van der Waals surface area contributed by atoms with Gasteiger partial charge in [-0.3, -0.25) is 0 Å². The number of hydrogen-bond acceptors (Lipinski definition) is 4. The second kappa shape index (κ2) is 7.12. The second-order valence-corrected chi connectivity index (χ2v) is 2.47. The summed E-state index contributed by atoms with van der Waals surface area (Å²) in [4.78, 5) is 0. The third-order valence-corrected chi connectivity index (χ3v) is 0. The van der Waals surface area contributed by atoms with Crippen molar-refractivity contribution in [1.29, 1.82) is 0 Å². The summed E-state index contributed by atoms with van der Waals surface area (Å²) in [5.41, 5.74) is 0. The van der Waals surface area contributed by atoms with Crippen LogP contribution < -0.4 is 0 Å². The summed E-state index contributed by atoms with van der Waals surface area (Å²) in [6.45, 7) is 0. The van der Waals surface area contributed by atoms with Gasteiger partial charge in [0.1, 0.15) is 0 Å². The first-order valence-corrected chi connectivity index (χ1v) is 3.69. The van der Waals surface area contributed by atoms with Crippen LogP contribution >= 0.6 is 0 Å². The minimum absolute atomic E-state index is 0. The molecule has 0 unspecified atom stereocenters. The van der Waals surface area contributed by atoms with Crippen LogP contribution in [0, 0.1) is 0 Å². The normalized spacial score (nSPS) is 8.57. The molecule has 0 fully saturated rings. The van der Waals surface area contributed by atoms with Gasteiger partial charge < -0.3 is 0 Å². The Morgan fingerprint density at radius 2 is 0.857 bits per heavy atom. The van der Waals surface area contributed by atoms with Gasteiger partial charge in [-0.05, 0) is 0 Å². The minimum atomic E-state index is -5.00. The van der Waals surface area contributed by atoms with Gasteiger partial charge in [0.05, 0.1) is 0 Å². The molecule has 0 saturated heterocycles. The van der Waals surface area contributed by atoms with Gasteiger partial charge in [0.2, 0.25) is 0 Å². The zero-order valence-electron chi connectivity index (χ0n) is 3.00. The van der Waals surface area contributed by atoms with Crippen molar-refractivity contribution >= 4 is 75.1 Å². The van der Waals surface area contributed by atoms with Crippen LogP contribution in [-0.4, -0.2) is 89.8 Å². The molecular weight excluding hydrogens is 458 g/mol. The van der Waals surface area contributed by atoms with Crippen LogP contribution in [0.4, 0.5) is 0 Å². The van der Waals surface area contributed by atoms with E-state index in [1.807, 2.05) is 0 Å². The molecule has 0 atom stereocenters. The molecule has 44 valence electrons. The maximum absolute atomic E-state index is 7.38. The van der Waals surface area contributed by atoms with E-state index in [4.69, 9.17) is 14.8 Å². The van der Waals surface area contributed by atoms with Gasteiger partial charge in [0, 0.05) is 0 Å². The van der Waals surface area contributed by atoms with Crippen molar-refractivity contribution in [3.8, 4) is 0 Å². The molecular formula is H9BaBiO4Ti. The Kier molecular flexibility index (Phi) is 16.8. The predicted molar refractivity (Wildman–Crippen MR) is 27.4 cm³/mol. The standard InChI is InChI=1S/Ba.Bi.4H2O.Ti.5H/h;;4*1H2;;;;;;/q;;;;;;+4;;;;;/p-4. The molecule has 7 heteroatoms. The number of rotatable bonds is 0. The molecule has 0 saturated carbocycles. The summed E-state index contributed by atoms with van der Waals surface area (Å²) in [5, 5.41) is 0. The van der Waals surface area contributed by atoms with Crippen LogP contribution in [0.1, 0.15) is 0 Å². The van der Waals surface area contributed by atoms with Crippen LogP contribution in [0.2, 0.25) is 0 Å². The molecule has 0 heterocycles. The fourth-order valence-electron chi connectivity index (χ4n) is 0. The van der Waals surface area contributed by atoms with Crippen LogP contribution in [-0.2, 0) is 18.1 Å². The van der Waals surface area contributed by atoms with Gasteiger partial charge in [0.15, 0.2) is 0 Å². The van der Waals surface area contributed by atoms with Crippen molar-refractivity contribution in [3.63, 3.8) is 0 Å². The first-order valence-electron chi connectivity index (χ1n) is 0.894. The van der Waals surface area contributed by atoms with E-state index in [1.54, 1.807) is 0 Å². The van der Waals surface area contributed by atoms with Crippen LogP contribution in [0.3, 0.4) is 0 Å². The average molecular weight is 467 g/mol. The Hall–Kier alpha value is 3.01. The molecule has 0 aromatic heterocycles. The number of hydrogen-bond donors (Lipinski definition) is 4. The summed E-state index contributed by atoms with van der Waals surface area (Å²) in [6, 6.07) is 0. The third-order valence-electron chi connectivity index (χ3n) is 0. The van der Waals surface area contributed by atoms with Crippen molar-refractivity contribution < 1.29 is 32.9 Å². The average Bonchev–Trinajstić information content (AvgIpc) is 0.722. The fourth-order valence-corrected chi connectivity index (χ4v) is 0.